The van der Waals surface area contributed by atoms with Crippen LogP contribution in [0.15, 0.2) is 12.1 Å². The molecule has 4 nitrogen and oxygen atoms in total. The van der Waals surface area contributed by atoms with Crippen LogP contribution in [0.2, 0.25) is 0 Å². The Hall–Kier alpha value is -2.02. The third-order valence-corrected chi connectivity index (χ3v) is 2.13. The molecule has 1 aromatic carbocycles. The summed E-state index contributed by atoms with van der Waals surface area (Å²) in [6.07, 6.45) is 0.697. The van der Waals surface area contributed by atoms with Gasteiger partial charge in [0.15, 0.2) is 0 Å². The number of carbonyl (C=O) groups is 1. The van der Waals surface area contributed by atoms with Gasteiger partial charge in [-0.15, -0.1) is 0 Å². The topological polar surface area (TPSA) is 70.3 Å². The van der Waals surface area contributed by atoms with Crippen LogP contribution in [0.25, 0.3) is 0 Å². The highest BCUT2D eigenvalue weighted by Gasteiger charge is 2.15. The second kappa shape index (κ2) is 4.47. The van der Waals surface area contributed by atoms with Crippen molar-refractivity contribution >= 4 is 5.97 Å². The normalized spacial score (nSPS) is 9.40. The summed E-state index contributed by atoms with van der Waals surface area (Å²) in [5.41, 5.74) is 0.902. The van der Waals surface area contributed by atoms with Crippen molar-refractivity contribution in [1.29, 1.82) is 5.26 Å². The van der Waals surface area contributed by atoms with E-state index in [9.17, 15) is 4.79 Å². The van der Waals surface area contributed by atoms with Crippen molar-refractivity contribution in [3.63, 3.8) is 0 Å². The van der Waals surface area contributed by atoms with Crippen LogP contribution in [0.4, 0.5) is 0 Å². The molecular formula is C11H11NO3. The standard InChI is InChI=1S/C11H11NO3/c1-3-7-4-8(11(13)14)9(6-12)10(5-7)15-2/h4-5H,3H2,1-2H3,(H,13,14). The van der Waals surface area contributed by atoms with Crippen LogP contribution in [-0.2, 0) is 6.42 Å². The number of carboxylic acids is 1. The molecule has 4 heteroatoms. The molecule has 1 N–H and O–H groups in total. The van der Waals surface area contributed by atoms with Crippen LogP contribution >= 0.6 is 0 Å². The summed E-state index contributed by atoms with van der Waals surface area (Å²) in [5, 5.41) is 17.8. The Bertz CT molecular complexity index is 432. The zero-order chi connectivity index (χ0) is 11.4. The molecule has 1 aromatic rings. The number of aryl methyl sites for hydroxylation is 1. The van der Waals surface area contributed by atoms with Gasteiger partial charge in [0.05, 0.1) is 12.7 Å². The lowest BCUT2D eigenvalue weighted by Crippen LogP contribution is -2.03. The summed E-state index contributed by atoms with van der Waals surface area (Å²) in [6.45, 7) is 1.91. The van der Waals surface area contributed by atoms with Gasteiger partial charge in [0.2, 0.25) is 0 Å². The predicted molar refractivity (Wildman–Crippen MR) is 54.0 cm³/mol. The molecule has 0 aromatic heterocycles. The first-order valence-corrected chi connectivity index (χ1v) is 4.48. The van der Waals surface area contributed by atoms with E-state index in [-0.39, 0.29) is 11.1 Å². The third-order valence-electron chi connectivity index (χ3n) is 2.13. The summed E-state index contributed by atoms with van der Waals surface area (Å²) < 4.78 is 4.98. The Balaban J connectivity index is 3.48. The molecule has 0 amide bonds. The molecule has 15 heavy (non-hydrogen) atoms. The number of nitrogens with zero attached hydrogens (tertiary/aromatic N) is 1. The van der Waals surface area contributed by atoms with E-state index >= 15 is 0 Å². The van der Waals surface area contributed by atoms with Gasteiger partial charge < -0.3 is 9.84 Å². The number of ether oxygens (including phenoxy) is 1. The highest BCUT2D eigenvalue weighted by atomic mass is 16.5. The first-order valence-electron chi connectivity index (χ1n) is 4.48. The second-order valence-corrected chi connectivity index (χ2v) is 2.99. The Morgan fingerprint density at radius 2 is 2.27 bits per heavy atom. The average molecular weight is 205 g/mol. The minimum Gasteiger partial charge on any atom is -0.495 e. The lowest BCUT2D eigenvalue weighted by Gasteiger charge is -2.08. The van der Waals surface area contributed by atoms with Crippen molar-refractivity contribution in [2.45, 2.75) is 13.3 Å². The zero-order valence-corrected chi connectivity index (χ0v) is 8.57. The highest BCUT2D eigenvalue weighted by Crippen LogP contribution is 2.24. The Labute approximate surface area is 87.7 Å². The largest absolute Gasteiger partial charge is 0.495 e. The maximum Gasteiger partial charge on any atom is 0.337 e. The van der Waals surface area contributed by atoms with Crippen LogP contribution in [-0.4, -0.2) is 18.2 Å². The van der Waals surface area contributed by atoms with Crippen molar-refractivity contribution in [1.82, 2.24) is 0 Å². The SMILES string of the molecule is CCc1cc(OC)c(C#N)c(C(=O)O)c1. The van der Waals surface area contributed by atoms with Crippen molar-refractivity contribution in [2.75, 3.05) is 7.11 Å². The van der Waals surface area contributed by atoms with E-state index in [0.717, 1.165) is 5.56 Å². The van der Waals surface area contributed by atoms with Crippen LogP contribution in [0.1, 0.15) is 28.4 Å². The fourth-order valence-electron chi connectivity index (χ4n) is 1.32. The lowest BCUT2D eigenvalue weighted by atomic mass is 10.0. The molecule has 1 rings (SSSR count). The third kappa shape index (κ3) is 2.08. The van der Waals surface area contributed by atoms with Gasteiger partial charge in [-0.1, -0.05) is 6.92 Å². The molecule has 0 atom stereocenters. The van der Waals surface area contributed by atoms with E-state index in [1.165, 1.54) is 13.2 Å². The monoisotopic (exact) mass is 205 g/mol. The van der Waals surface area contributed by atoms with Gasteiger partial charge in [-0.05, 0) is 24.1 Å². The number of benzene rings is 1. The van der Waals surface area contributed by atoms with Gasteiger partial charge in [0, 0.05) is 0 Å². The molecule has 0 bridgehead atoms. The van der Waals surface area contributed by atoms with Gasteiger partial charge >= 0.3 is 5.97 Å². The van der Waals surface area contributed by atoms with E-state index in [1.807, 2.05) is 13.0 Å². The molecule has 0 aliphatic heterocycles. The lowest BCUT2D eigenvalue weighted by molar-refractivity contribution is 0.0696. The minimum absolute atomic E-state index is 0.00583. The van der Waals surface area contributed by atoms with Crippen molar-refractivity contribution in [2.24, 2.45) is 0 Å². The van der Waals surface area contributed by atoms with Crippen molar-refractivity contribution in [3.8, 4) is 11.8 Å². The van der Waals surface area contributed by atoms with E-state index in [2.05, 4.69) is 0 Å². The maximum atomic E-state index is 10.9. The second-order valence-electron chi connectivity index (χ2n) is 2.99. The highest BCUT2D eigenvalue weighted by molar-refractivity contribution is 5.92. The van der Waals surface area contributed by atoms with Crippen LogP contribution in [0.3, 0.4) is 0 Å². The smallest absolute Gasteiger partial charge is 0.337 e. The molecule has 0 heterocycles. The van der Waals surface area contributed by atoms with Gasteiger partial charge in [-0.3, -0.25) is 0 Å². The van der Waals surface area contributed by atoms with E-state index < -0.39 is 5.97 Å². The maximum absolute atomic E-state index is 10.9. The Morgan fingerprint density at radius 1 is 1.60 bits per heavy atom. The average Bonchev–Trinajstić information content (AvgIpc) is 2.26. The first-order chi connectivity index (χ1) is 7.13. The molecule has 0 saturated carbocycles. The molecular weight excluding hydrogens is 194 g/mol. The van der Waals surface area contributed by atoms with Gasteiger partial charge in [-0.25, -0.2) is 4.79 Å². The zero-order valence-electron chi connectivity index (χ0n) is 8.57. The van der Waals surface area contributed by atoms with Crippen LogP contribution in [0.5, 0.6) is 5.75 Å². The van der Waals surface area contributed by atoms with E-state index in [1.54, 1.807) is 6.07 Å². The van der Waals surface area contributed by atoms with Crippen LogP contribution < -0.4 is 4.74 Å². The number of hydrogen-bond acceptors (Lipinski definition) is 3. The van der Waals surface area contributed by atoms with Crippen LogP contribution in [0, 0.1) is 11.3 Å². The number of rotatable bonds is 3. The fourth-order valence-corrected chi connectivity index (χ4v) is 1.32. The molecule has 0 aliphatic carbocycles. The minimum atomic E-state index is -1.11. The summed E-state index contributed by atoms with van der Waals surface area (Å²) in [6, 6.07) is 5.03. The van der Waals surface area contributed by atoms with E-state index in [0.29, 0.717) is 12.2 Å². The number of hydrogen-bond donors (Lipinski definition) is 1. The van der Waals surface area contributed by atoms with E-state index in [4.69, 9.17) is 15.1 Å². The molecule has 0 unspecified atom stereocenters. The van der Waals surface area contributed by atoms with Gasteiger partial charge in [-0.2, -0.15) is 5.26 Å². The Kier molecular flexibility index (Phi) is 3.29. The molecule has 0 aliphatic rings. The number of methoxy groups -OCH3 is 1. The molecule has 78 valence electrons. The first kappa shape index (κ1) is 11.1. The number of carboxylic acid groups (broad SMARTS) is 1. The molecule has 0 saturated heterocycles. The molecule has 0 radical (unpaired) electrons. The van der Waals surface area contributed by atoms with Crippen molar-refractivity contribution in [3.05, 3.63) is 28.8 Å². The van der Waals surface area contributed by atoms with Crippen molar-refractivity contribution < 1.29 is 14.6 Å². The quantitative estimate of drug-likeness (QED) is 0.817. The number of nitriles is 1. The number of aromatic carboxylic acids is 1. The van der Waals surface area contributed by atoms with Gasteiger partial charge in [0.25, 0.3) is 0 Å². The fraction of sp³-hybridized carbons (Fsp3) is 0.273. The Morgan fingerprint density at radius 3 is 2.67 bits per heavy atom. The molecule has 0 fully saturated rings. The summed E-state index contributed by atoms with van der Waals surface area (Å²) >= 11 is 0. The summed E-state index contributed by atoms with van der Waals surface area (Å²) in [7, 11) is 1.42. The summed E-state index contributed by atoms with van der Waals surface area (Å²) in [5.74, 6) is -0.797. The summed E-state index contributed by atoms with van der Waals surface area (Å²) in [4.78, 5) is 10.9. The molecule has 0 spiro atoms. The van der Waals surface area contributed by atoms with Gasteiger partial charge in [0.1, 0.15) is 17.4 Å². The predicted octanol–water partition coefficient (Wildman–Crippen LogP) is 1.83.